The average Bonchev–Trinajstić information content (AvgIpc) is 3.17. The van der Waals surface area contributed by atoms with Crippen LogP contribution in [-0.2, 0) is 11.8 Å². The van der Waals surface area contributed by atoms with Gasteiger partial charge in [0, 0.05) is 24.7 Å². The van der Waals surface area contributed by atoms with E-state index in [-0.39, 0.29) is 35.2 Å². The number of non-ortho nitro benzene ring substituents is 1. The predicted octanol–water partition coefficient (Wildman–Crippen LogP) is 3.89. The molecule has 0 radical (unpaired) electrons. The Labute approximate surface area is 201 Å². The summed E-state index contributed by atoms with van der Waals surface area (Å²) in [6.07, 6.45) is 0. The van der Waals surface area contributed by atoms with Gasteiger partial charge in [0.2, 0.25) is 5.91 Å². The molecule has 2 amide bonds. The number of hydrogen-bond donors (Lipinski definition) is 2. The van der Waals surface area contributed by atoms with E-state index in [0.717, 1.165) is 5.56 Å². The van der Waals surface area contributed by atoms with Gasteiger partial charge < -0.3 is 15.2 Å². The molecule has 0 aliphatic heterocycles. The van der Waals surface area contributed by atoms with Crippen molar-refractivity contribution in [2.75, 3.05) is 11.1 Å². The number of rotatable bonds is 9. The van der Waals surface area contributed by atoms with Crippen molar-refractivity contribution in [2.45, 2.75) is 32.0 Å². The van der Waals surface area contributed by atoms with E-state index in [4.69, 9.17) is 0 Å². The van der Waals surface area contributed by atoms with Gasteiger partial charge in [-0.1, -0.05) is 49.9 Å². The number of carbonyl (C=O) groups excluding carboxylic acids is 2. The maximum atomic E-state index is 12.7. The van der Waals surface area contributed by atoms with E-state index in [0.29, 0.717) is 22.2 Å². The summed E-state index contributed by atoms with van der Waals surface area (Å²) in [7, 11) is 1.78. The molecule has 0 saturated heterocycles. The van der Waals surface area contributed by atoms with Crippen LogP contribution in [-0.4, -0.2) is 37.3 Å². The second-order valence-electron chi connectivity index (χ2n) is 8.05. The Morgan fingerprint density at radius 1 is 1.15 bits per heavy atom. The van der Waals surface area contributed by atoms with Gasteiger partial charge in [0.15, 0.2) is 11.0 Å². The van der Waals surface area contributed by atoms with E-state index in [2.05, 4.69) is 20.8 Å². The third-order valence-corrected chi connectivity index (χ3v) is 6.19. The second-order valence-corrected chi connectivity index (χ2v) is 9.00. The second kappa shape index (κ2) is 10.9. The van der Waals surface area contributed by atoms with Gasteiger partial charge in [0.25, 0.3) is 11.6 Å². The molecule has 2 N–H and O–H groups in total. The number of anilines is 1. The number of aryl methyl sites for hydroxylation is 1. The molecule has 2 aromatic carbocycles. The third-order valence-electron chi connectivity index (χ3n) is 5.17. The van der Waals surface area contributed by atoms with Crippen LogP contribution in [0.3, 0.4) is 0 Å². The van der Waals surface area contributed by atoms with Gasteiger partial charge in [-0.15, -0.1) is 10.2 Å². The first-order valence-electron chi connectivity index (χ1n) is 10.6. The minimum absolute atomic E-state index is 0.0385. The van der Waals surface area contributed by atoms with Crippen LogP contribution in [0.1, 0.15) is 41.6 Å². The molecule has 0 saturated carbocycles. The predicted molar refractivity (Wildman–Crippen MR) is 130 cm³/mol. The summed E-state index contributed by atoms with van der Waals surface area (Å²) in [6, 6.07) is 12.9. The number of nitro benzene ring substituents is 1. The minimum Gasteiger partial charge on any atom is -0.342 e. The first-order valence-corrected chi connectivity index (χ1v) is 11.6. The largest absolute Gasteiger partial charge is 0.342 e. The fourth-order valence-corrected chi connectivity index (χ4v) is 3.96. The lowest BCUT2D eigenvalue weighted by Gasteiger charge is -2.21. The molecule has 11 heteroatoms. The van der Waals surface area contributed by atoms with Crippen molar-refractivity contribution < 1.29 is 14.5 Å². The van der Waals surface area contributed by atoms with Gasteiger partial charge >= 0.3 is 0 Å². The van der Waals surface area contributed by atoms with E-state index in [1.54, 1.807) is 48.9 Å². The molecule has 0 spiro atoms. The molecule has 1 aromatic heterocycles. The van der Waals surface area contributed by atoms with E-state index < -0.39 is 4.92 Å². The quantitative estimate of drug-likeness (QED) is 0.269. The number of aromatic nitrogens is 3. The number of amides is 2. The fraction of sp³-hybridized carbons (Fsp3) is 0.304. The van der Waals surface area contributed by atoms with E-state index in [9.17, 15) is 19.7 Å². The zero-order valence-corrected chi connectivity index (χ0v) is 20.1. The highest BCUT2D eigenvalue weighted by atomic mass is 32.2. The number of benzene rings is 2. The Kier molecular flexibility index (Phi) is 8.00. The molecule has 0 bridgehead atoms. The summed E-state index contributed by atoms with van der Waals surface area (Å²) < 4.78 is 1.76. The Morgan fingerprint density at radius 3 is 2.50 bits per heavy atom. The summed E-state index contributed by atoms with van der Waals surface area (Å²) >= 11 is 1.19. The molecule has 0 aliphatic rings. The van der Waals surface area contributed by atoms with E-state index in [1.807, 2.05) is 19.9 Å². The van der Waals surface area contributed by atoms with Crippen molar-refractivity contribution in [2.24, 2.45) is 13.0 Å². The highest BCUT2D eigenvalue weighted by Crippen LogP contribution is 2.25. The number of nitro groups is 1. The number of nitrogens with one attached hydrogen (secondary N) is 2. The standard InChI is InChI=1S/C23H26N6O4S/c1-14(2)20(25-22(31)16-8-6-5-7-9-16)21-26-27-23(28(21)4)34-13-19(30)24-18-12-17(29(32)33)11-10-15(18)3/h5-12,14,20H,13H2,1-4H3,(H,24,30)(H,25,31). The van der Waals surface area contributed by atoms with Gasteiger partial charge in [-0.25, -0.2) is 0 Å². The average molecular weight is 483 g/mol. The maximum Gasteiger partial charge on any atom is 0.271 e. The van der Waals surface area contributed by atoms with Gasteiger partial charge in [0.05, 0.1) is 22.4 Å². The van der Waals surface area contributed by atoms with Crippen LogP contribution in [0.15, 0.2) is 53.7 Å². The molecular formula is C23H26N6O4S. The molecule has 34 heavy (non-hydrogen) atoms. The number of carbonyl (C=O) groups is 2. The zero-order chi connectivity index (χ0) is 24.8. The lowest BCUT2D eigenvalue weighted by molar-refractivity contribution is -0.384. The Bertz CT molecular complexity index is 1200. The van der Waals surface area contributed by atoms with Crippen molar-refractivity contribution in [1.82, 2.24) is 20.1 Å². The van der Waals surface area contributed by atoms with E-state index in [1.165, 1.54) is 23.9 Å². The summed E-state index contributed by atoms with van der Waals surface area (Å²) in [5, 5.41) is 25.7. The first kappa shape index (κ1) is 24.9. The minimum atomic E-state index is -0.507. The van der Waals surface area contributed by atoms with Crippen molar-refractivity contribution in [1.29, 1.82) is 0 Å². The molecule has 3 rings (SSSR count). The molecule has 1 unspecified atom stereocenters. The summed E-state index contributed by atoms with van der Waals surface area (Å²) in [5.41, 5.74) is 1.57. The molecule has 3 aromatic rings. The molecular weight excluding hydrogens is 456 g/mol. The highest BCUT2D eigenvalue weighted by molar-refractivity contribution is 7.99. The fourth-order valence-electron chi connectivity index (χ4n) is 3.24. The first-order chi connectivity index (χ1) is 16.2. The molecule has 1 atom stereocenters. The van der Waals surface area contributed by atoms with Gasteiger partial charge in [-0.3, -0.25) is 19.7 Å². The number of hydrogen-bond acceptors (Lipinski definition) is 7. The van der Waals surface area contributed by atoms with Crippen LogP contribution >= 0.6 is 11.8 Å². The summed E-state index contributed by atoms with van der Waals surface area (Å²) in [6.45, 7) is 5.72. The van der Waals surface area contributed by atoms with Crippen molar-refractivity contribution in [3.05, 3.63) is 75.6 Å². The topological polar surface area (TPSA) is 132 Å². The lowest BCUT2D eigenvalue weighted by Crippen LogP contribution is -2.33. The molecule has 178 valence electrons. The Hall–Kier alpha value is -3.73. The Balaban J connectivity index is 1.67. The number of thioether (sulfide) groups is 1. The van der Waals surface area contributed by atoms with Crippen LogP contribution in [0.25, 0.3) is 0 Å². The summed E-state index contributed by atoms with van der Waals surface area (Å²) in [4.78, 5) is 35.6. The maximum absolute atomic E-state index is 12.7. The van der Waals surface area contributed by atoms with E-state index >= 15 is 0 Å². The van der Waals surface area contributed by atoms with Crippen LogP contribution in [0.4, 0.5) is 11.4 Å². The number of nitrogens with zero attached hydrogens (tertiary/aromatic N) is 4. The Morgan fingerprint density at radius 2 is 1.85 bits per heavy atom. The van der Waals surface area contributed by atoms with Gasteiger partial charge in [-0.05, 0) is 30.5 Å². The molecule has 0 fully saturated rings. The molecule has 10 nitrogen and oxygen atoms in total. The SMILES string of the molecule is Cc1ccc([N+](=O)[O-])cc1NC(=O)CSc1nnc(C(NC(=O)c2ccccc2)C(C)C)n1C. The van der Waals surface area contributed by atoms with Crippen LogP contribution in [0.2, 0.25) is 0 Å². The monoisotopic (exact) mass is 482 g/mol. The van der Waals surface area contributed by atoms with Crippen molar-refractivity contribution in [3.63, 3.8) is 0 Å². The highest BCUT2D eigenvalue weighted by Gasteiger charge is 2.25. The van der Waals surface area contributed by atoms with Crippen LogP contribution in [0, 0.1) is 23.0 Å². The normalized spacial score (nSPS) is 11.8. The van der Waals surface area contributed by atoms with Crippen molar-refractivity contribution in [3.8, 4) is 0 Å². The summed E-state index contributed by atoms with van der Waals surface area (Å²) in [5.74, 6) is 0.140. The zero-order valence-electron chi connectivity index (χ0n) is 19.3. The van der Waals surface area contributed by atoms with Crippen molar-refractivity contribution >= 4 is 35.0 Å². The smallest absolute Gasteiger partial charge is 0.271 e. The van der Waals surface area contributed by atoms with Gasteiger partial charge in [-0.2, -0.15) is 0 Å². The third kappa shape index (κ3) is 5.98. The molecule has 1 heterocycles. The van der Waals surface area contributed by atoms with Gasteiger partial charge in [0.1, 0.15) is 0 Å². The van der Waals surface area contributed by atoms with Crippen LogP contribution < -0.4 is 10.6 Å². The molecule has 0 aliphatic carbocycles. The lowest BCUT2D eigenvalue weighted by atomic mass is 10.0. The van der Waals surface area contributed by atoms with Crippen LogP contribution in [0.5, 0.6) is 0 Å².